The Morgan fingerprint density at radius 2 is 1.50 bits per heavy atom. The zero-order valence-electron chi connectivity index (χ0n) is 25.1. The molecule has 0 amide bonds. The van der Waals surface area contributed by atoms with Crippen LogP contribution in [0.2, 0.25) is 0 Å². The van der Waals surface area contributed by atoms with Gasteiger partial charge in [0.05, 0.1) is 17.1 Å². The lowest BCUT2D eigenvalue weighted by Crippen LogP contribution is -2.44. The first-order valence-electron chi connectivity index (χ1n) is 14.4. The summed E-state index contributed by atoms with van der Waals surface area (Å²) in [6.45, 7) is 11.5. The fraction of sp³-hybridized carbons (Fsp3) is 0.441. The molecule has 0 saturated carbocycles. The second-order valence-corrected chi connectivity index (χ2v) is 14.0. The summed E-state index contributed by atoms with van der Waals surface area (Å²) in [6.07, 6.45) is 2.40. The van der Waals surface area contributed by atoms with Crippen LogP contribution in [0.1, 0.15) is 87.7 Å². The Morgan fingerprint density at radius 1 is 0.952 bits per heavy atom. The Labute approximate surface area is 255 Å². The molecular formula is C34H38BrNO6. The Morgan fingerprint density at radius 3 is 1.98 bits per heavy atom. The van der Waals surface area contributed by atoms with E-state index in [1.165, 1.54) is 0 Å². The zero-order chi connectivity index (χ0) is 30.6. The molecule has 2 aromatic rings. The van der Waals surface area contributed by atoms with Crippen LogP contribution in [0.25, 0.3) is 0 Å². The SMILES string of the molecule is CCN1C2=C(C(=O)CC(C)(C)C2)C(c2cc(Br)c(OCc3ccc(C(=O)O)cc3)c(OC)c2)C2=C1CC(C)(C)CC2=O. The molecule has 1 aliphatic heterocycles. The minimum Gasteiger partial charge on any atom is -0.493 e. The summed E-state index contributed by atoms with van der Waals surface area (Å²) in [4.78, 5) is 41.3. The number of carboxylic acids is 1. The number of carbonyl (C=O) groups is 3. The fourth-order valence-electron chi connectivity index (χ4n) is 6.71. The van der Waals surface area contributed by atoms with Gasteiger partial charge in [0.15, 0.2) is 23.1 Å². The average Bonchev–Trinajstić information content (AvgIpc) is 2.89. The third-order valence-electron chi connectivity index (χ3n) is 8.51. The van der Waals surface area contributed by atoms with Crippen molar-refractivity contribution in [2.75, 3.05) is 13.7 Å². The van der Waals surface area contributed by atoms with Crippen LogP contribution in [-0.2, 0) is 16.2 Å². The minimum absolute atomic E-state index is 0.0918. The maximum absolute atomic E-state index is 13.9. The number of methoxy groups -OCH3 is 1. The van der Waals surface area contributed by atoms with Gasteiger partial charge >= 0.3 is 5.97 Å². The predicted octanol–water partition coefficient (Wildman–Crippen LogP) is 7.44. The number of benzene rings is 2. The molecule has 0 aromatic heterocycles. The molecule has 0 atom stereocenters. The van der Waals surface area contributed by atoms with Gasteiger partial charge in [-0.1, -0.05) is 39.8 Å². The molecule has 222 valence electrons. The van der Waals surface area contributed by atoms with Gasteiger partial charge in [-0.15, -0.1) is 0 Å². The Kier molecular flexibility index (Phi) is 7.90. The van der Waals surface area contributed by atoms with E-state index in [-0.39, 0.29) is 34.6 Å². The number of halogens is 1. The van der Waals surface area contributed by atoms with Crippen molar-refractivity contribution >= 4 is 33.5 Å². The van der Waals surface area contributed by atoms with Crippen LogP contribution in [-0.4, -0.2) is 41.2 Å². The summed E-state index contributed by atoms with van der Waals surface area (Å²) >= 11 is 3.68. The maximum atomic E-state index is 13.9. The van der Waals surface area contributed by atoms with Crippen molar-refractivity contribution in [2.24, 2.45) is 10.8 Å². The number of hydrogen-bond donors (Lipinski definition) is 1. The van der Waals surface area contributed by atoms with E-state index in [9.17, 15) is 19.5 Å². The Hall–Kier alpha value is -3.39. The number of Topliss-reactive ketones (excluding diaryl/α,β-unsaturated/α-hetero) is 2. The van der Waals surface area contributed by atoms with Crippen molar-refractivity contribution in [3.8, 4) is 11.5 Å². The van der Waals surface area contributed by atoms with Crippen molar-refractivity contribution < 1.29 is 29.0 Å². The highest BCUT2D eigenvalue weighted by molar-refractivity contribution is 9.10. The van der Waals surface area contributed by atoms with Crippen LogP contribution in [0, 0.1) is 10.8 Å². The second-order valence-electron chi connectivity index (χ2n) is 13.1. The topological polar surface area (TPSA) is 93.1 Å². The molecule has 8 heteroatoms. The summed E-state index contributed by atoms with van der Waals surface area (Å²) in [5.74, 6) is -0.305. The molecule has 0 spiro atoms. The van der Waals surface area contributed by atoms with Gasteiger partial charge in [-0.3, -0.25) is 9.59 Å². The number of hydrogen-bond acceptors (Lipinski definition) is 6. The monoisotopic (exact) mass is 635 g/mol. The standard InChI is InChI=1S/C34H38BrNO6/c1-7-36-23-14-33(2,3)16-25(37)29(23)28(30-24(36)15-34(4,5)17-26(30)38)21-12-22(35)31(27(13-21)41-6)42-18-19-8-10-20(11-9-19)32(39)40/h8-13,28H,7,14-18H2,1-6H3,(H,39,40). The van der Waals surface area contributed by atoms with Gasteiger partial charge < -0.3 is 19.5 Å². The van der Waals surface area contributed by atoms with Crippen molar-refractivity contribution in [1.29, 1.82) is 0 Å². The number of carboxylic acid groups (broad SMARTS) is 1. The summed E-state index contributed by atoms with van der Waals surface area (Å²) in [5, 5.41) is 9.17. The molecular weight excluding hydrogens is 598 g/mol. The first kappa shape index (κ1) is 30.1. The van der Waals surface area contributed by atoms with Crippen LogP contribution in [0.4, 0.5) is 0 Å². The lowest BCUT2D eigenvalue weighted by molar-refractivity contribution is -0.119. The number of rotatable bonds is 7. The summed E-state index contributed by atoms with van der Waals surface area (Å²) in [6, 6.07) is 10.3. The molecule has 2 aliphatic carbocycles. The Bertz CT molecular complexity index is 1480. The van der Waals surface area contributed by atoms with E-state index in [2.05, 4.69) is 55.4 Å². The molecule has 0 bridgehead atoms. The van der Waals surface area contributed by atoms with E-state index in [4.69, 9.17) is 9.47 Å². The van der Waals surface area contributed by atoms with E-state index in [0.717, 1.165) is 46.5 Å². The molecule has 0 unspecified atom stereocenters. The number of nitrogens with zero attached hydrogens (tertiary/aromatic N) is 1. The highest BCUT2D eigenvalue weighted by atomic mass is 79.9. The number of carbonyl (C=O) groups excluding carboxylic acids is 2. The highest BCUT2D eigenvalue weighted by Crippen LogP contribution is 2.55. The van der Waals surface area contributed by atoms with Crippen LogP contribution in [0.3, 0.4) is 0 Å². The lowest BCUT2D eigenvalue weighted by atomic mass is 9.63. The molecule has 42 heavy (non-hydrogen) atoms. The summed E-state index contributed by atoms with van der Waals surface area (Å²) in [5.41, 5.74) is 5.01. The number of ether oxygens (including phenoxy) is 2. The number of ketones is 2. The number of aromatic carboxylic acids is 1. The third kappa shape index (κ3) is 5.53. The second kappa shape index (κ2) is 11.0. The molecule has 5 rings (SSSR count). The molecule has 3 aliphatic rings. The molecule has 2 aromatic carbocycles. The molecule has 1 N–H and O–H groups in total. The van der Waals surface area contributed by atoms with Gasteiger partial charge in [0.1, 0.15) is 6.61 Å². The normalized spacial score (nSPS) is 19.9. The molecule has 0 fully saturated rings. The minimum atomic E-state index is -0.983. The van der Waals surface area contributed by atoms with E-state index in [0.29, 0.717) is 35.4 Å². The van der Waals surface area contributed by atoms with Crippen molar-refractivity contribution in [1.82, 2.24) is 4.90 Å². The van der Waals surface area contributed by atoms with Gasteiger partial charge in [0.2, 0.25) is 0 Å². The van der Waals surface area contributed by atoms with Gasteiger partial charge in [-0.2, -0.15) is 0 Å². The van der Waals surface area contributed by atoms with Gasteiger partial charge in [-0.25, -0.2) is 4.79 Å². The predicted molar refractivity (Wildman–Crippen MR) is 164 cm³/mol. The van der Waals surface area contributed by atoms with Crippen molar-refractivity contribution in [3.63, 3.8) is 0 Å². The van der Waals surface area contributed by atoms with Crippen LogP contribution >= 0.6 is 15.9 Å². The van der Waals surface area contributed by atoms with Gasteiger partial charge in [0.25, 0.3) is 0 Å². The zero-order valence-corrected chi connectivity index (χ0v) is 26.7. The largest absolute Gasteiger partial charge is 0.493 e. The highest BCUT2D eigenvalue weighted by Gasteiger charge is 2.48. The summed E-state index contributed by atoms with van der Waals surface area (Å²) in [7, 11) is 1.57. The Balaban J connectivity index is 1.60. The van der Waals surface area contributed by atoms with Crippen LogP contribution in [0.15, 0.2) is 63.4 Å². The molecule has 0 radical (unpaired) electrons. The van der Waals surface area contributed by atoms with Crippen molar-refractivity contribution in [3.05, 3.63) is 80.1 Å². The number of allylic oxidation sites excluding steroid dienone is 4. The van der Waals surface area contributed by atoms with Gasteiger partial charge in [0, 0.05) is 47.8 Å². The molecule has 1 heterocycles. The van der Waals surface area contributed by atoms with Crippen LogP contribution < -0.4 is 9.47 Å². The van der Waals surface area contributed by atoms with Crippen molar-refractivity contribution in [2.45, 2.75) is 72.8 Å². The fourth-order valence-corrected chi connectivity index (χ4v) is 7.28. The van der Waals surface area contributed by atoms with E-state index in [1.807, 2.05) is 12.1 Å². The quantitative estimate of drug-likeness (QED) is 0.338. The van der Waals surface area contributed by atoms with E-state index in [1.54, 1.807) is 31.4 Å². The average molecular weight is 637 g/mol. The maximum Gasteiger partial charge on any atom is 0.335 e. The van der Waals surface area contributed by atoms with Crippen LogP contribution in [0.5, 0.6) is 11.5 Å². The smallest absolute Gasteiger partial charge is 0.335 e. The third-order valence-corrected chi connectivity index (χ3v) is 9.10. The van der Waals surface area contributed by atoms with Gasteiger partial charge in [-0.05, 0) is 81.9 Å². The summed E-state index contributed by atoms with van der Waals surface area (Å²) < 4.78 is 12.6. The molecule has 0 saturated heterocycles. The molecule has 7 nitrogen and oxygen atoms in total. The van der Waals surface area contributed by atoms with E-state index < -0.39 is 11.9 Å². The lowest BCUT2D eigenvalue weighted by Gasteiger charge is -2.49. The van der Waals surface area contributed by atoms with E-state index >= 15 is 0 Å². The first-order chi connectivity index (χ1) is 19.7. The first-order valence-corrected chi connectivity index (χ1v) is 15.2.